The highest BCUT2D eigenvalue weighted by atomic mass is 19.4. The summed E-state index contributed by atoms with van der Waals surface area (Å²) in [6.07, 6.45) is -1.70. The molecule has 0 spiro atoms. The van der Waals surface area contributed by atoms with Gasteiger partial charge in [0.1, 0.15) is 0 Å². The van der Waals surface area contributed by atoms with Crippen molar-refractivity contribution in [3.05, 3.63) is 35.4 Å². The van der Waals surface area contributed by atoms with Gasteiger partial charge in [-0.2, -0.15) is 13.2 Å². The second-order valence-corrected chi connectivity index (χ2v) is 7.15. The van der Waals surface area contributed by atoms with E-state index < -0.39 is 17.6 Å². The van der Waals surface area contributed by atoms with Crippen molar-refractivity contribution in [3.63, 3.8) is 0 Å². The highest BCUT2D eigenvalue weighted by Crippen LogP contribution is 2.29. The van der Waals surface area contributed by atoms with Crippen LogP contribution in [0.5, 0.6) is 0 Å². The highest BCUT2D eigenvalue weighted by Gasteiger charge is 2.31. The van der Waals surface area contributed by atoms with E-state index >= 15 is 0 Å². The molecule has 0 aromatic heterocycles. The fourth-order valence-electron chi connectivity index (χ4n) is 3.67. The third-order valence-electron chi connectivity index (χ3n) is 5.15. The molecule has 0 bridgehead atoms. The first-order valence-electron chi connectivity index (χ1n) is 9.39. The van der Waals surface area contributed by atoms with Crippen molar-refractivity contribution < 1.29 is 27.5 Å². The predicted molar refractivity (Wildman–Crippen MR) is 95.7 cm³/mol. The molecule has 0 aliphatic carbocycles. The fraction of sp³-hybridized carbons (Fsp3) is 0.579. The van der Waals surface area contributed by atoms with Crippen LogP contribution in [-0.4, -0.2) is 61.6 Å². The minimum atomic E-state index is -4.52. The average Bonchev–Trinajstić information content (AvgIpc) is 3.14. The molecule has 28 heavy (non-hydrogen) atoms. The van der Waals surface area contributed by atoms with E-state index in [2.05, 4.69) is 15.5 Å². The molecule has 0 radical (unpaired) electrons. The van der Waals surface area contributed by atoms with Gasteiger partial charge in [0.2, 0.25) is 5.91 Å². The molecular formula is C19H24F3N3O3. The van der Waals surface area contributed by atoms with Gasteiger partial charge in [0.15, 0.2) is 0 Å². The zero-order chi connectivity index (χ0) is 20.1. The minimum Gasteiger partial charge on any atom is -0.381 e. The van der Waals surface area contributed by atoms with Gasteiger partial charge in [0.25, 0.3) is 5.91 Å². The van der Waals surface area contributed by atoms with E-state index in [1.54, 1.807) is 0 Å². The molecular weight excluding hydrogens is 375 g/mol. The Bertz CT molecular complexity index is 705. The van der Waals surface area contributed by atoms with Gasteiger partial charge < -0.3 is 15.4 Å². The average molecular weight is 399 g/mol. The summed E-state index contributed by atoms with van der Waals surface area (Å²) < 4.78 is 43.6. The monoisotopic (exact) mass is 399 g/mol. The van der Waals surface area contributed by atoms with Gasteiger partial charge in [-0.25, -0.2) is 0 Å². The van der Waals surface area contributed by atoms with Gasteiger partial charge >= 0.3 is 6.18 Å². The fourth-order valence-corrected chi connectivity index (χ4v) is 3.67. The van der Waals surface area contributed by atoms with E-state index in [0.29, 0.717) is 6.04 Å². The number of amides is 2. The number of carbonyl (C=O) groups excluding carboxylic acids is 2. The Morgan fingerprint density at radius 2 is 1.93 bits per heavy atom. The molecule has 2 aliphatic rings. The molecule has 2 aliphatic heterocycles. The molecule has 2 fully saturated rings. The zero-order valence-corrected chi connectivity index (χ0v) is 15.4. The summed E-state index contributed by atoms with van der Waals surface area (Å²) in [4.78, 5) is 26.5. The number of alkyl halides is 3. The molecule has 1 aromatic rings. The van der Waals surface area contributed by atoms with E-state index in [0.717, 1.165) is 57.7 Å². The van der Waals surface area contributed by atoms with E-state index in [4.69, 9.17) is 4.74 Å². The van der Waals surface area contributed by atoms with E-state index in [-0.39, 0.29) is 24.1 Å². The summed E-state index contributed by atoms with van der Waals surface area (Å²) in [7, 11) is 0. The molecule has 0 unspecified atom stereocenters. The Morgan fingerprint density at radius 3 is 2.64 bits per heavy atom. The molecule has 2 N–H and O–H groups in total. The van der Waals surface area contributed by atoms with Crippen LogP contribution in [-0.2, 0) is 15.7 Å². The summed E-state index contributed by atoms with van der Waals surface area (Å²) in [5.74, 6) is -1.06. The van der Waals surface area contributed by atoms with Crippen molar-refractivity contribution in [2.24, 2.45) is 0 Å². The van der Waals surface area contributed by atoms with Crippen LogP contribution in [0.1, 0.15) is 35.2 Å². The standard InChI is InChI=1S/C19H24F3N3O3/c20-19(21,22)14-3-1-2-13(10-14)18(27)23-11-17(26)24-15-4-7-25(12-15)16-5-8-28-9-6-16/h1-3,10,15-16H,4-9,11-12H2,(H,23,27)(H,24,26)/t15-/m0/s1. The number of hydrogen-bond donors (Lipinski definition) is 2. The lowest BCUT2D eigenvalue weighted by atomic mass is 10.1. The van der Waals surface area contributed by atoms with E-state index in [1.807, 2.05) is 0 Å². The Hall–Kier alpha value is -2.13. The topological polar surface area (TPSA) is 70.7 Å². The number of nitrogens with zero attached hydrogens (tertiary/aromatic N) is 1. The van der Waals surface area contributed by atoms with Crippen LogP contribution in [0.25, 0.3) is 0 Å². The second kappa shape index (κ2) is 8.91. The Kier molecular flexibility index (Phi) is 6.56. The van der Waals surface area contributed by atoms with Crippen LogP contribution in [0.15, 0.2) is 24.3 Å². The summed E-state index contributed by atoms with van der Waals surface area (Å²) in [5, 5.41) is 5.26. The molecule has 3 rings (SSSR count). The third kappa shape index (κ3) is 5.45. The number of hydrogen-bond acceptors (Lipinski definition) is 4. The molecule has 2 saturated heterocycles. The molecule has 0 saturated carbocycles. The van der Waals surface area contributed by atoms with E-state index in [9.17, 15) is 22.8 Å². The first-order chi connectivity index (χ1) is 13.3. The lowest BCUT2D eigenvalue weighted by Gasteiger charge is -2.31. The maximum absolute atomic E-state index is 12.7. The summed E-state index contributed by atoms with van der Waals surface area (Å²) in [5.41, 5.74) is -1.03. The highest BCUT2D eigenvalue weighted by molar-refractivity contribution is 5.96. The third-order valence-corrected chi connectivity index (χ3v) is 5.15. The van der Waals surface area contributed by atoms with Crippen LogP contribution < -0.4 is 10.6 Å². The van der Waals surface area contributed by atoms with Crippen molar-refractivity contribution in [1.82, 2.24) is 15.5 Å². The maximum Gasteiger partial charge on any atom is 0.416 e. The predicted octanol–water partition coefficient (Wildman–Crippen LogP) is 1.80. The number of likely N-dealkylation sites (tertiary alicyclic amines) is 1. The summed E-state index contributed by atoms with van der Waals surface area (Å²) >= 11 is 0. The van der Waals surface area contributed by atoms with Crippen molar-refractivity contribution >= 4 is 11.8 Å². The normalized spacial score (nSPS) is 21.5. The number of carbonyl (C=O) groups is 2. The van der Waals surface area contributed by atoms with Crippen LogP contribution in [0, 0.1) is 0 Å². The SMILES string of the molecule is O=C(CNC(=O)c1cccc(C(F)(F)F)c1)N[C@H]1CCN(C2CCOCC2)C1. The van der Waals surface area contributed by atoms with Gasteiger partial charge in [-0.15, -0.1) is 0 Å². The first-order valence-corrected chi connectivity index (χ1v) is 9.39. The maximum atomic E-state index is 12.7. The minimum absolute atomic E-state index is 0.0146. The molecule has 1 atom stereocenters. The van der Waals surface area contributed by atoms with Crippen LogP contribution in [0.3, 0.4) is 0 Å². The van der Waals surface area contributed by atoms with Crippen LogP contribution >= 0.6 is 0 Å². The lowest BCUT2D eigenvalue weighted by Crippen LogP contribution is -2.44. The zero-order valence-electron chi connectivity index (χ0n) is 15.4. The van der Waals surface area contributed by atoms with E-state index in [1.165, 1.54) is 12.1 Å². The van der Waals surface area contributed by atoms with Gasteiger partial charge in [-0.1, -0.05) is 6.07 Å². The molecule has 1 aromatic carbocycles. The lowest BCUT2D eigenvalue weighted by molar-refractivity contribution is -0.137. The number of nitrogens with one attached hydrogen (secondary N) is 2. The van der Waals surface area contributed by atoms with Crippen molar-refractivity contribution in [2.45, 2.75) is 37.5 Å². The summed E-state index contributed by atoms with van der Waals surface area (Å²) in [6.45, 7) is 2.92. The quantitative estimate of drug-likeness (QED) is 0.792. The number of benzene rings is 1. The Labute approximate surface area is 161 Å². The second-order valence-electron chi connectivity index (χ2n) is 7.15. The van der Waals surface area contributed by atoms with Crippen LogP contribution in [0.4, 0.5) is 13.2 Å². The van der Waals surface area contributed by atoms with Crippen LogP contribution in [0.2, 0.25) is 0 Å². The van der Waals surface area contributed by atoms with Gasteiger partial charge in [-0.05, 0) is 37.5 Å². The van der Waals surface area contributed by atoms with Gasteiger partial charge in [-0.3, -0.25) is 14.5 Å². The first kappa shape index (κ1) is 20.6. The molecule has 2 heterocycles. The van der Waals surface area contributed by atoms with Crippen molar-refractivity contribution in [1.29, 1.82) is 0 Å². The molecule has 6 nitrogen and oxygen atoms in total. The molecule has 154 valence electrons. The van der Waals surface area contributed by atoms with Crippen molar-refractivity contribution in [3.8, 4) is 0 Å². The van der Waals surface area contributed by atoms with Crippen molar-refractivity contribution in [2.75, 3.05) is 32.8 Å². The number of ether oxygens (including phenoxy) is 1. The largest absolute Gasteiger partial charge is 0.416 e. The smallest absolute Gasteiger partial charge is 0.381 e. The number of halogens is 3. The molecule has 2 amide bonds. The Morgan fingerprint density at radius 1 is 1.18 bits per heavy atom. The number of rotatable bonds is 5. The van der Waals surface area contributed by atoms with Gasteiger partial charge in [0.05, 0.1) is 12.1 Å². The Balaban J connectivity index is 1.44. The van der Waals surface area contributed by atoms with Gasteiger partial charge in [0, 0.05) is 44.0 Å². The molecule has 9 heteroatoms. The summed E-state index contributed by atoms with van der Waals surface area (Å²) in [6, 6.07) is 4.62.